The maximum Gasteiger partial charge on any atom is 0.0951 e. The zero-order chi connectivity index (χ0) is 15.1. The topological polar surface area (TPSA) is 60.6 Å². The van der Waals surface area contributed by atoms with Gasteiger partial charge in [-0.3, -0.25) is 4.98 Å². The Morgan fingerprint density at radius 3 is 2.67 bits per heavy atom. The van der Waals surface area contributed by atoms with Crippen LogP contribution in [0.3, 0.4) is 0 Å². The molecule has 0 aliphatic carbocycles. The minimum absolute atomic E-state index is 0.680. The van der Waals surface area contributed by atoms with Gasteiger partial charge in [-0.05, 0) is 18.6 Å². The number of nitrogen functional groups attached to an aromatic ring is 1. The fraction of sp³-hybridized carbons (Fsp3) is 0.438. The van der Waals surface area contributed by atoms with Crippen molar-refractivity contribution < 1.29 is 9.47 Å². The number of nitrogens with two attached hydrogens (primary N) is 1. The largest absolute Gasteiger partial charge is 0.397 e. The predicted octanol–water partition coefficient (Wildman–Crippen LogP) is 2.31. The number of methoxy groups -OCH3 is 2. The molecule has 5 heteroatoms. The van der Waals surface area contributed by atoms with Crippen molar-refractivity contribution in [2.24, 2.45) is 0 Å². The van der Waals surface area contributed by atoms with E-state index in [9.17, 15) is 0 Å². The van der Waals surface area contributed by atoms with Gasteiger partial charge >= 0.3 is 0 Å². The first-order valence-corrected chi connectivity index (χ1v) is 7.14. The van der Waals surface area contributed by atoms with E-state index in [0.29, 0.717) is 12.3 Å². The molecule has 0 unspecified atom stereocenters. The normalized spacial score (nSPS) is 11.0. The van der Waals surface area contributed by atoms with Gasteiger partial charge in [0.2, 0.25) is 0 Å². The standard InChI is InChI=1S/C16H23N3O2/c1-20-11-4-9-19(10-12-21-2)15-7-8-18-16-13(15)5-3-6-14(16)17/h3,5-8H,4,9-12,17H2,1-2H3. The zero-order valence-corrected chi connectivity index (χ0v) is 12.7. The van der Waals surface area contributed by atoms with Crippen LogP contribution in [0.1, 0.15) is 6.42 Å². The smallest absolute Gasteiger partial charge is 0.0951 e. The molecule has 0 spiro atoms. The van der Waals surface area contributed by atoms with E-state index in [4.69, 9.17) is 15.2 Å². The molecule has 1 heterocycles. The van der Waals surface area contributed by atoms with Gasteiger partial charge in [0, 0.05) is 51.2 Å². The molecule has 0 aliphatic heterocycles. The molecule has 0 aliphatic rings. The number of fused-ring (bicyclic) bond motifs is 1. The Morgan fingerprint density at radius 2 is 1.90 bits per heavy atom. The first-order chi connectivity index (χ1) is 10.3. The van der Waals surface area contributed by atoms with Crippen LogP contribution >= 0.6 is 0 Å². The van der Waals surface area contributed by atoms with Crippen molar-refractivity contribution in [3.63, 3.8) is 0 Å². The van der Waals surface area contributed by atoms with Gasteiger partial charge in [-0.2, -0.15) is 0 Å². The second-order valence-electron chi connectivity index (χ2n) is 4.90. The lowest BCUT2D eigenvalue weighted by Gasteiger charge is -2.26. The Labute approximate surface area is 125 Å². The average molecular weight is 289 g/mol. The lowest BCUT2D eigenvalue weighted by atomic mass is 10.1. The second kappa shape index (κ2) is 7.81. The summed E-state index contributed by atoms with van der Waals surface area (Å²) in [6, 6.07) is 7.93. The highest BCUT2D eigenvalue weighted by molar-refractivity contribution is 5.97. The lowest BCUT2D eigenvalue weighted by molar-refractivity contribution is 0.191. The first-order valence-electron chi connectivity index (χ1n) is 7.14. The van der Waals surface area contributed by atoms with E-state index in [1.54, 1.807) is 14.2 Å². The van der Waals surface area contributed by atoms with Crippen LogP contribution in [0.25, 0.3) is 10.9 Å². The molecule has 0 saturated heterocycles. The fourth-order valence-electron chi connectivity index (χ4n) is 2.41. The minimum Gasteiger partial charge on any atom is -0.397 e. The number of para-hydroxylation sites is 1. The summed E-state index contributed by atoms with van der Waals surface area (Å²) in [6.07, 6.45) is 2.77. The molecular weight excluding hydrogens is 266 g/mol. The van der Waals surface area contributed by atoms with Crippen molar-refractivity contribution in [3.05, 3.63) is 30.5 Å². The molecule has 0 fully saturated rings. The van der Waals surface area contributed by atoms with Gasteiger partial charge in [-0.15, -0.1) is 0 Å². The van der Waals surface area contributed by atoms with Crippen molar-refractivity contribution in [2.45, 2.75) is 6.42 Å². The number of pyridine rings is 1. The number of ether oxygens (including phenoxy) is 2. The molecule has 5 nitrogen and oxygen atoms in total. The number of aromatic nitrogens is 1. The van der Waals surface area contributed by atoms with Gasteiger partial charge in [0.15, 0.2) is 0 Å². The van der Waals surface area contributed by atoms with Crippen molar-refractivity contribution in [3.8, 4) is 0 Å². The van der Waals surface area contributed by atoms with E-state index < -0.39 is 0 Å². The molecule has 0 amide bonds. The minimum atomic E-state index is 0.680. The van der Waals surface area contributed by atoms with Crippen LogP contribution in [0.4, 0.5) is 11.4 Å². The quantitative estimate of drug-likeness (QED) is 0.597. The van der Waals surface area contributed by atoms with Crippen LogP contribution in [0.15, 0.2) is 30.5 Å². The Morgan fingerprint density at radius 1 is 1.10 bits per heavy atom. The molecule has 0 atom stereocenters. The number of hydrogen-bond donors (Lipinski definition) is 1. The molecular formula is C16H23N3O2. The van der Waals surface area contributed by atoms with Crippen LogP contribution in [0, 0.1) is 0 Å². The molecule has 2 aromatic rings. The first kappa shape index (κ1) is 15.5. The molecule has 0 bridgehead atoms. The van der Waals surface area contributed by atoms with Crippen LogP contribution in [0.2, 0.25) is 0 Å². The van der Waals surface area contributed by atoms with Crippen LogP contribution in [-0.4, -0.2) is 45.5 Å². The Balaban J connectivity index is 2.31. The average Bonchev–Trinajstić information content (AvgIpc) is 2.51. The fourth-order valence-corrected chi connectivity index (χ4v) is 2.41. The summed E-state index contributed by atoms with van der Waals surface area (Å²) in [4.78, 5) is 6.69. The maximum absolute atomic E-state index is 6.02. The molecule has 1 aromatic heterocycles. The van der Waals surface area contributed by atoms with Gasteiger partial charge in [-0.25, -0.2) is 0 Å². The summed E-state index contributed by atoms with van der Waals surface area (Å²) in [5.41, 5.74) is 8.72. The Hall–Kier alpha value is -1.85. The Kier molecular flexibility index (Phi) is 5.78. The summed E-state index contributed by atoms with van der Waals surface area (Å²) < 4.78 is 10.4. The van der Waals surface area contributed by atoms with Gasteiger partial charge in [0.25, 0.3) is 0 Å². The summed E-state index contributed by atoms with van der Waals surface area (Å²) in [7, 11) is 3.44. The summed E-state index contributed by atoms with van der Waals surface area (Å²) in [5, 5.41) is 1.08. The maximum atomic E-state index is 6.02. The molecule has 0 saturated carbocycles. The molecule has 2 rings (SSSR count). The van der Waals surface area contributed by atoms with E-state index in [2.05, 4.69) is 16.0 Å². The zero-order valence-electron chi connectivity index (χ0n) is 12.7. The van der Waals surface area contributed by atoms with Gasteiger partial charge in [0.05, 0.1) is 17.8 Å². The third-order valence-electron chi connectivity index (χ3n) is 3.46. The van der Waals surface area contributed by atoms with Crippen LogP contribution < -0.4 is 10.6 Å². The van der Waals surface area contributed by atoms with Crippen LogP contribution in [-0.2, 0) is 9.47 Å². The lowest BCUT2D eigenvalue weighted by Crippen LogP contribution is -2.29. The van der Waals surface area contributed by atoms with Crippen LogP contribution in [0.5, 0.6) is 0 Å². The monoisotopic (exact) mass is 289 g/mol. The number of anilines is 2. The summed E-state index contributed by atoms with van der Waals surface area (Å²) >= 11 is 0. The van der Waals surface area contributed by atoms with E-state index in [-0.39, 0.29) is 0 Å². The van der Waals surface area contributed by atoms with Crippen molar-refractivity contribution in [2.75, 3.05) is 51.2 Å². The SMILES string of the molecule is COCCCN(CCOC)c1ccnc2c(N)cccc12. The van der Waals surface area contributed by atoms with E-state index >= 15 is 0 Å². The number of benzene rings is 1. The molecule has 2 N–H and O–H groups in total. The van der Waals surface area contributed by atoms with Crippen molar-refractivity contribution >= 4 is 22.3 Å². The summed E-state index contributed by atoms with van der Waals surface area (Å²) in [5.74, 6) is 0. The number of nitrogens with zero attached hydrogens (tertiary/aromatic N) is 2. The molecule has 1 aromatic carbocycles. The second-order valence-corrected chi connectivity index (χ2v) is 4.90. The van der Waals surface area contributed by atoms with Crippen molar-refractivity contribution in [1.29, 1.82) is 0 Å². The number of rotatable bonds is 8. The van der Waals surface area contributed by atoms with Crippen molar-refractivity contribution in [1.82, 2.24) is 4.98 Å². The summed E-state index contributed by atoms with van der Waals surface area (Å²) in [6.45, 7) is 3.16. The van der Waals surface area contributed by atoms with Gasteiger partial charge in [-0.1, -0.05) is 12.1 Å². The van der Waals surface area contributed by atoms with Gasteiger partial charge in [0.1, 0.15) is 0 Å². The highest BCUT2D eigenvalue weighted by Crippen LogP contribution is 2.28. The highest BCUT2D eigenvalue weighted by atomic mass is 16.5. The van der Waals surface area contributed by atoms with E-state index in [0.717, 1.165) is 42.7 Å². The third-order valence-corrected chi connectivity index (χ3v) is 3.46. The highest BCUT2D eigenvalue weighted by Gasteiger charge is 2.11. The van der Waals surface area contributed by atoms with E-state index in [1.165, 1.54) is 0 Å². The Bertz CT molecular complexity index is 574. The molecule has 21 heavy (non-hydrogen) atoms. The number of hydrogen-bond acceptors (Lipinski definition) is 5. The predicted molar refractivity (Wildman–Crippen MR) is 86.7 cm³/mol. The molecule has 0 radical (unpaired) electrons. The molecule has 114 valence electrons. The van der Waals surface area contributed by atoms with E-state index in [1.807, 2.05) is 24.4 Å². The third kappa shape index (κ3) is 3.83. The van der Waals surface area contributed by atoms with Gasteiger partial charge < -0.3 is 20.1 Å².